The van der Waals surface area contributed by atoms with Crippen LogP contribution in [0.3, 0.4) is 0 Å². The molecule has 26 heavy (non-hydrogen) atoms. The molecule has 0 radical (unpaired) electrons. The third-order valence-electron chi connectivity index (χ3n) is 4.69. The number of nitrogens with zero attached hydrogens (tertiary/aromatic N) is 2. The van der Waals surface area contributed by atoms with Gasteiger partial charge in [0.25, 0.3) is 0 Å². The van der Waals surface area contributed by atoms with E-state index >= 15 is 0 Å². The second kappa shape index (κ2) is 7.48. The topological polar surface area (TPSA) is 48.7 Å². The Hall–Kier alpha value is -1.73. The van der Waals surface area contributed by atoms with Gasteiger partial charge >= 0.3 is 0 Å². The molecule has 0 aliphatic carbocycles. The number of benzene rings is 1. The van der Waals surface area contributed by atoms with E-state index in [0.29, 0.717) is 16.7 Å². The van der Waals surface area contributed by atoms with Gasteiger partial charge in [-0.2, -0.15) is 4.98 Å². The van der Waals surface area contributed by atoms with Gasteiger partial charge in [0.15, 0.2) is 5.82 Å². The Morgan fingerprint density at radius 2 is 1.96 bits per heavy atom. The van der Waals surface area contributed by atoms with Crippen LogP contribution in [0, 0.1) is 13.8 Å². The van der Waals surface area contributed by atoms with Crippen molar-refractivity contribution < 1.29 is 14.4 Å². The summed E-state index contributed by atoms with van der Waals surface area (Å²) in [4.78, 5) is 13.2. The molecule has 0 atom stereocenters. The Morgan fingerprint density at radius 3 is 2.73 bits per heavy atom. The molecule has 1 saturated heterocycles. The molecule has 0 spiro atoms. The second-order valence-electron chi connectivity index (χ2n) is 6.48. The maximum Gasteiger partial charge on any atom is 0.231 e. The van der Waals surface area contributed by atoms with Crippen LogP contribution in [-0.4, -0.2) is 36.3 Å². The van der Waals surface area contributed by atoms with Crippen molar-refractivity contribution in [1.29, 1.82) is 0 Å². The molecule has 0 bridgehead atoms. The Kier molecular flexibility index (Phi) is 5.09. The first kappa shape index (κ1) is 17.7. The van der Waals surface area contributed by atoms with Gasteiger partial charge in [0, 0.05) is 4.88 Å². The minimum atomic E-state index is 0.573. The number of quaternary nitrogens is 1. The number of ether oxygens (including phenoxy) is 2. The Balaban J connectivity index is 1.74. The van der Waals surface area contributed by atoms with Crippen LogP contribution in [0.4, 0.5) is 0 Å². The molecule has 0 saturated carbocycles. The fourth-order valence-corrected chi connectivity index (χ4v) is 4.31. The predicted octanol–water partition coefficient (Wildman–Crippen LogP) is 3.17. The first-order valence-electron chi connectivity index (χ1n) is 8.72. The van der Waals surface area contributed by atoms with E-state index in [-0.39, 0.29) is 0 Å². The number of hydrogen-bond acceptors (Lipinski definition) is 5. The normalized spacial score (nSPS) is 15.5. The highest BCUT2D eigenvalue weighted by Crippen LogP contribution is 2.37. The van der Waals surface area contributed by atoms with Crippen molar-refractivity contribution in [3.63, 3.8) is 0 Å². The van der Waals surface area contributed by atoms with Gasteiger partial charge in [-0.05, 0) is 31.5 Å². The van der Waals surface area contributed by atoms with Gasteiger partial charge in [-0.15, -0.1) is 11.3 Å². The van der Waals surface area contributed by atoms with Crippen LogP contribution in [0.1, 0.15) is 16.3 Å². The highest BCUT2D eigenvalue weighted by Gasteiger charge is 2.21. The predicted molar refractivity (Wildman–Crippen MR) is 104 cm³/mol. The maximum absolute atomic E-state index is 6.28. The lowest BCUT2D eigenvalue weighted by Gasteiger charge is -2.23. The van der Waals surface area contributed by atoms with Crippen LogP contribution in [0.15, 0.2) is 24.3 Å². The second-order valence-corrected chi connectivity index (χ2v) is 8.09. The van der Waals surface area contributed by atoms with Gasteiger partial charge < -0.3 is 14.4 Å². The van der Waals surface area contributed by atoms with Crippen LogP contribution in [0.5, 0.6) is 11.6 Å². The molecular weight excluding hydrogens is 370 g/mol. The summed E-state index contributed by atoms with van der Waals surface area (Å²) in [6.07, 6.45) is 0. The third kappa shape index (κ3) is 3.55. The summed E-state index contributed by atoms with van der Waals surface area (Å²) in [5.41, 5.74) is 1.16. The molecule has 1 N–H and O–H groups in total. The zero-order valence-corrected chi connectivity index (χ0v) is 16.4. The maximum atomic E-state index is 6.28. The molecule has 0 unspecified atom stereocenters. The smallest absolute Gasteiger partial charge is 0.231 e. The lowest BCUT2D eigenvalue weighted by molar-refractivity contribution is -0.922. The summed E-state index contributed by atoms with van der Waals surface area (Å²) in [6, 6.07) is 7.47. The van der Waals surface area contributed by atoms with E-state index in [2.05, 4.69) is 13.8 Å². The molecule has 4 rings (SSSR count). The monoisotopic (exact) mass is 390 g/mol. The largest absolute Gasteiger partial charge is 0.437 e. The van der Waals surface area contributed by atoms with E-state index in [1.165, 1.54) is 9.78 Å². The zero-order valence-electron chi connectivity index (χ0n) is 14.8. The summed E-state index contributed by atoms with van der Waals surface area (Å²) in [6.45, 7) is 8.50. The molecule has 3 aromatic rings. The molecule has 2 aromatic heterocycles. The van der Waals surface area contributed by atoms with E-state index in [4.69, 9.17) is 31.0 Å². The summed E-state index contributed by atoms with van der Waals surface area (Å²) in [7, 11) is 0. The Bertz CT molecular complexity index is 938. The van der Waals surface area contributed by atoms with Crippen molar-refractivity contribution >= 4 is 33.2 Å². The number of hydrogen-bond donors (Lipinski definition) is 1. The van der Waals surface area contributed by atoms with E-state index in [9.17, 15) is 0 Å². The van der Waals surface area contributed by atoms with E-state index in [0.717, 1.165) is 54.5 Å². The SMILES string of the molecule is Cc1sc2nc(C[NH+]3CCOCC3)nc(Oc3ccccc3Cl)c2c1C. The molecule has 1 aliphatic heterocycles. The van der Waals surface area contributed by atoms with Crippen molar-refractivity contribution in [3.05, 3.63) is 45.6 Å². The molecule has 1 aliphatic rings. The Labute approximate surface area is 161 Å². The van der Waals surface area contributed by atoms with E-state index < -0.39 is 0 Å². The lowest BCUT2D eigenvalue weighted by Crippen LogP contribution is -3.12. The summed E-state index contributed by atoms with van der Waals surface area (Å²) >= 11 is 7.97. The molecule has 1 aromatic carbocycles. The van der Waals surface area contributed by atoms with Crippen molar-refractivity contribution in [2.75, 3.05) is 26.3 Å². The summed E-state index contributed by atoms with van der Waals surface area (Å²) < 4.78 is 11.6. The number of fused-ring (bicyclic) bond motifs is 1. The van der Waals surface area contributed by atoms with E-state index in [1.807, 2.05) is 24.3 Å². The number of aryl methyl sites for hydroxylation is 2. The molecule has 5 nitrogen and oxygen atoms in total. The third-order valence-corrected chi connectivity index (χ3v) is 6.11. The van der Waals surface area contributed by atoms with Crippen molar-refractivity contribution in [2.45, 2.75) is 20.4 Å². The van der Waals surface area contributed by atoms with Crippen molar-refractivity contribution in [2.24, 2.45) is 0 Å². The van der Waals surface area contributed by atoms with Gasteiger partial charge in [-0.3, -0.25) is 0 Å². The van der Waals surface area contributed by atoms with Crippen molar-refractivity contribution in [1.82, 2.24) is 9.97 Å². The first-order chi connectivity index (χ1) is 12.6. The van der Waals surface area contributed by atoms with Crippen molar-refractivity contribution in [3.8, 4) is 11.6 Å². The lowest BCUT2D eigenvalue weighted by atomic mass is 10.2. The highest BCUT2D eigenvalue weighted by molar-refractivity contribution is 7.18. The Morgan fingerprint density at radius 1 is 1.19 bits per heavy atom. The molecule has 136 valence electrons. The fraction of sp³-hybridized carbons (Fsp3) is 0.368. The number of morpholine rings is 1. The standard InChI is InChI=1S/C19H20ClN3O2S/c1-12-13(2)26-19-17(12)18(25-15-6-4-3-5-14(15)20)21-16(22-19)11-23-7-9-24-10-8-23/h3-6H,7-11H2,1-2H3/p+1. The molecule has 0 amide bonds. The number of thiophene rings is 1. The number of nitrogens with one attached hydrogen (secondary N) is 1. The van der Waals surface area contributed by atoms with Crippen LogP contribution in [0.25, 0.3) is 10.2 Å². The van der Waals surface area contributed by atoms with Crippen LogP contribution in [0.2, 0.25) is 5.02 Å². The zero-order chi connectivity index (χ0) is 18.1. The highest BCUT2D eigenvalue weighted by atomic mass is 35.5. The van der Waals surface area contributed by atoms with Gasteiger partial charge in [-0.1, -0.05) is 23.7 Å². The number of para-hydroxylation sites is 1. The minimum absolute atomic E-state index is 0.573. The first-order valence-corrected chi connectivity index (χ1v) is 9.91. The summed E-state index contributed by atoms with van der Waals surface area (Å²) in [5, 5.41) is 1.55. The number of aromatic nitrogens is 2. The fourth-order valence-electron chi connectivity index (χ4n) is 3.10. The molecule has 1 fully saturated rings. The minimum Gasteiger partial charge on any atom is -0.437 e. The van der Waals surface area contributed by atoms with Gasteiger partial charge in [0.05, 0.1) is 23.6 Å². The quantitative estimate of drug-likeness (QED) is 0.743. The average molecular weight is 391 g/mol. The number of halogens is 1. The molecule has 3 heterocycles. The van der Waals surface area contributed by atoms with Crippen LogP contribution < -0.4 is 9.64 Å². The van der Waals surface area contributed by atoms with E-state index in [1.54, 1.807) is 11.3 Å². The van der Waals surface area contributed by atoms with Crippen LogP contribution >= 0.6 is 22.9 Å². The average Bonchev–Trinajstić information content (AvgIpc) is 2.92. The number of rotatable bonds is 4. The van der Waals surface area contributed by atoms with Gasteiger partial charge in [0.1, 0.15) is 30.2 Å². The summed E-state index contributed by atoms with van der Waals surface area (Å²) in [5.74, 6) is 2.01. The van der Waals surface area contributed by atoms with Gasteiger partial charge in [-0.25, -0.2) is 4.98 Å². The molecular formula is C19H21ClN3O2S+. The van der Waals surface area contributed by atoms with Crippen LogP contribution in [-0.2, 0) is 11.3 Å². The van der Waals surface area contributed by atoms with Gasteiger partial charge in [0.2, 0.25) is 5.88 Å². The molecule has 7 heteroatoms.